The van der Waals surface area contributed by atoms with E-state index in [2.05, 4.69) is 5.32 Å². The summed E-state index contributed by atoms with van der Waals surface area (Å²) in [6.45, 7) is 5.44. The van der Waals surface area contributed by atoms with Crippen LogP contribution >= 0.6 is 11.6 Å². The highest BCUT2D eigenvalue weighted by molar-refractivity contribution is 6.32. The number of anilines is 1. The van der Waals surface area contributed by atoms with E-state index in [1.165, 1.54) is 12.1 Å². The number of ether oxygens (including phenoxy) is 1. The molecule has 0 spiro atoms. The van der Waals surface area contributed by atoms with Crippen molar-refractivity contribution >= 4 is 34.2 Å². The summed E-state index contributed by atoms with van der Waals surface area (Å²) in [4.78, 5) is 23.7. The Bertz CT molecular complexity index is 1040. The second-order valence-electron chi connectivity index (χ2n) is 6.13. The van der Waals surface area contributed by atoms with Gasteiger partial charge in [0.2, 0.25) is 0 Å². The molecule has 2 aromatic carbocycles. The largest absolute Gasteiger partial charge is 0.482 e. The second kappa shape index (κ2) is 7.22. The molecule has 1 heterocycles. The van der Waals surface area contributed by atoms with E-state index in [1.807, 2.05) is 32.0 Å². The average Bonchev–Trinajstić information content (AvgIpc) is 2.57. The molecule has 0 fully saturated rings. The fraction of sp³-hybridized carbons (Fsp3) is 0.200. The van der Waals surface area contributed by atoms with Crippen LogP contribution in [0.5, 0.6) is 5.75 Å². The van der Waals surface area contributed by atoms with Crippen LogP contribution in [-0.4, -0.2) is 12.5 Å². The van der Waals surface area contributed by atoms with E-state index in [0.717, 1.165) is 27.8 Å². The Balaban J connectivity index is 1.78. The highest BCUT2D eigenvalue weighted by atomic mass is 35.5. The quantitative estimate of drug-likeness (QED) is 0.690. The molecule has 0 saturated carbocycles. The Morgan fingerprint density at radius 2 is 1.81 bits per heavy atom. The van der Waals surface area contributed by atoms with Gasteiger partial charge < -0.3 is 14.5 Å². The molecule has 26 heavy (non-hydrogen) atoms. The maximum absolute atomic E-state index is 12.2. The topological polar surface area (TPSA) is 68.5 Å². The van der Waals surface area contributed by atoms with Gasteiger partial charge in [-0.25, -0.2) is 4.79 Å². The van der Waals surface area contributed by atoms with Gasteiger partial charge in [0.25, 0.3) is 5.91 Å². The monoisotopic (exact) mass is 371 g/mol. The predicted octanol–water partition coefficient (Wildman–Crippen LogP) is 4.39. The van der Waals surface area contributed by atoms with Gasteiger partial charge >= 0.3 is 5.63 Å². The van der Waals surface area contributed by atoms with Crippen LogP contribution < -0.4 is 15.7 Å². The van der Waals surface area contributed by atoms with Crippen molar-refractivity contribution < 1.29 is 13.9 Å². The van der Waals surface area contributed by atoms with Crippen molar-refractivity contribution in [3.63, 3.8) is 0 Å². The molecule has 0 bridgehead atoms. The van der Waals surface area contributed by atoms with Crippen molar-refractivity contribution in [3.05, 3.63) is 68.5 Å². The van der Waals surface area contributed by atoms with Gasteiger partial charge in [-0.3, -0.25) is 4.79 Å². The smallest absolute Gasteiger partial charge is 0.336 e. The molecule has 134 valence electrons. The standard InChI is InChI=1S/C20H18ClNO4/c1-11-5-4-6-12(2)20(11)22-18(23)10-25-17-9-16-14(8-15(17)21)13(3)7-19(24)26-16/h4-9H,10H2,1-3H3,(H,22,23). The van der Waals surface area contributed by atoms with Crippen LogP contribution in [0.2, 0.25) is 5.02 Å². The van der Waals surface area contributed by atoms with E-state index in [4.69, 9.17) is 20.8 Å². The molecule has 0 aliphatic heterocycles. The number of benzene rings is 2. The SMILES string of the molecule is Cc1cccc(C)c1NC(=O)COc1cc2oc(=O)cc(C)c2cc1Cl. The van der Waals surface area contributed by atoms with Crippen LogP contribution in [0.3, 0.4) is 0 Å². The summed E-state index contributed by atoms with van der Waals surface area (Å²) in [5, 5.41) is 3.91. The normalized spacial score (nSPS) is 10.8. The van der Waals surface area contributed by atoms with Gasteiger partial charge in [0, 0.05) is 23.2 Å². The molecule has 0 unspecified atom stereocenters. The van der Waals surface area contributed by atoms with Gasteiger partial charge in [0.15, 0.2) is 6.61 Å². The zero-order valence-electron chi connectivity index (χ0n) is 14.7. The van der Waals surface area contributed by atoms with Gasteiger partial charge in [0.05, 0.1) is 5.02 Å². The maximum atomic E-state index is 12.2. The minimum absolute atomic E-state index is 0.213. The molecule has 1 amide bonds. The van der Waals surface area contributed by atoms with Crippen molar-refractivity contribution in [3.8, 4) is 5.75 Å². The minimum Gasteiger partial charge on any atom is -0.482 e. The summed E-state index contributed by atoms with van der Waals surface area (Å²) < 4.78 is 10.7. The predicted molar refractivity (Wildman–Crippen MR) is 102 cm³/mol. The third-order valence-electron chi connectivity index (χ3n) is 4.11. The van der Waals surface area contributed by atoms with E-state index < -0.39 is 5.63 Å². The molecular weight excluding hydrogens is 354 g/mol. The molecule has 3 aromatic rings. The molecule has 1 N–H and O–H groups in total. The number of halogens is 1. The van der Waals surface area contributed by atoms with Crippen LogP contribution in [0.4, 0.5) is 5.69 Å². The van der Waals surface area contributed by atoms with E-state index in [9.17, 15) is 9.59 Å². The third kappa shape index (κ3) is 3.73. The fourth-order valence-corrected chi connectivity index (χ4v) is 2.98. The number of amides is 1. The van der Waals surface area contributed by atoms with Crippen molar-refractivity contribution in [1.29, 1.82) is 0 Å². The molecular formula is C20H18ClNO4. The summed E-state index contributed by atoms with van der Waals surface area (Å²) in [6, 6.07) is 10.4. The lowest BCUT2D eigenvalue weighted by Gasteiger charge is -2.13. The maximum Gasteiger partial charge on any atom is 0.336 e. The summed E-state index contributed by atoms with van der Waals surface area (Å²) in [6.07, 6.45) is 0. The Morgan fingerprint density at radius 1 is 1.12 bits per heavy atom. The number of para-hydroxylation sites is 1. The molecule has 0 aliphatic rings. The number of hydrogen-bond acceptors (Lipinski definition) is 4. The summed E-state index contributed by atoms with van der Waals surface area (Å²) >= 11 is 6.23. The zero-order valence-corrected chi connectivity index (χ0v) is 15.4. The van der Waals surface area contributed by atoms with Crippen LogP contribution in [0.25, 0.3) is 11.0 Å². The summed E-state index contributed by atoms with van der Waals surface area (Å²) in [5.74, 6) is -0.0196. The number of carbonyl (C=O) groups is 1. The Hall–Kier alpha value is -2.79. The van der Waals surface area contributed by atoms with Gasteiger partial charge in [-0.05, 0) is 43.5 Å². The van der Waals surface area contributed by atoms with Crippen LogP contribution in [-0.2, 0) is 4.79 Å². The molecule has 5 nitrogen and oxygen atoms in total. The van der Waals surface area contributed by atoms with E-state index in [-0.39, 0.29) is 18.3 Å². The first-order chi connectivity index (χ1) is 12.3. The molecule has 6 heteroatoms. The number of carbonyl (C=O) groups excluding carboxylic acids is 1. The molecule has 3 rings (SSSR count). The molecule has 0 aliphatic carbocycles. The summed E-state index contributed by atoms with van der Waals surface area (Å²) in [7, 11) is 0. The first-order valence-corrected chi connectivity index (χ1v) is 8.46. The van der Waals surface area contributed by atoms with Gasteiger partial charge in [0.1, 0.15) is 11.3 Å². The number of rotatable bonds is 4. The Kier molecular flexibility index (Phi) is 5.00. The van der Waals surface area contributed by atoms with Gasteiger partial charge in [-0.2, -0.15) is 0 Å². The number of nitrogens with one attached hydrogen (secondary N) is 1. The number of fused-ring (bicyclic) bond motifs is 1. The second-order valence-corrected chi connectivity index (χ2v) is 6.54. The highest BCUT2D eigenvalue weighted by Crippen LogP contribution is 2.31. The zero-order chi connectivity index (χ0) is 18.8. The van der Waals surface area contributed by atoms with E-state index in [0.29, 0.717) is 10.6 Å². The first kappa shape index (κ1) is 18.0. The van der Waals surface area contributed by atoms with Crippen molar-refractivity contribution in [2.75, 3.05) is 11.9 Å². The van der Waals surface area contributed by atoms with Crippen molar-refractivity contribution in [2.24, 2.45) is 0 Å². The fourth-order valence-electron chi connectivity index (χ4n) is 2.76. The Labute approximate surface area is 155 Å². The lowest BCUT2D eigenvalue weighted by atomic mass is 10.1. The lowest BCUT2D eigenvalue weighted by molar-refractivity contribution is -0.118. The van der Waals surface area contributed by atoms with Crippen molar-refractivity contribution in [2.45, 2.75) is 20.8 Å². The lowest BCUT2D eigenvalue weighted by Crippen LogP contribution is -2.21. The van der Waals surface area contributed by atoms with E-state index >= 15 is 0 Å². The minimum atomic E-state index is -0.448. The van der Waals surface area contributed by atoms with Crippen LogP contribution in [0.15, 0.2) is 45.6 Å². The van der Waals surface area contributed by atoms with Crippen molar-refractivity contribution in [1.82, 2.24) is 0 Å². The number of hydrogen-bond donors (Lipinski definition) is 1. The molecule has 1 aromatic heterocycles. The summed E-state index contributed by atoms with van der Waals surface area (Å²) in [5.41, 5.74) is 3.39. The van der Waals surface area contributed by atoms with Crippen LogP contribution in [0.1, 0.15) is 16.7 Å². The van der Waals surface area contributed by atoms with Gasteiger partial charge in [-0.1, -0.05) is 29.8 Å². The van der Waals surface area contributed by atoms with Gasteiger partial charge in [-0.15, -0.1) is 0 Å². The molecule has 0 saturated heterocycles. The average molecular weight is 372 g/mol. The highest BCUT2D eigenvalue weighted by Gasteiger charge is 2.12. The number of aryl methyl sites for hydroxylation is 3. The van der Waals surface area contributed by atoms with Crippen LogP contribution in [0, 0.1) is 20.8 Å². The first-order valence-electron chi connectivity index (χ1n) is 8.08. The Morgan fingerprint density at radius 3 is 2.50 bits per heavy atom. The molecule has 0 radical (unpaired) electrons. The van der Waals surface area contributed by atoms with E-state index in [1.54, 1.807) is 13.0 Å². The third-order valence-corrected chi connectivity index (χ3v) is 4.40. The molecule has 0 atom stereocenters.